The summed E-state index contributed by atoms with van der Waals surface area (Å²) in [6, 6.07) is 0. The van der Waals surface area contributed by atoms with Crippen molar-refractivity contribution in [3.63, 3.8) is 0 Å². The maximum Gasteiger partial charge on any atom is 0.472 e. The number of phosphoric acid groups is 1. The molecule has 0 radical (unpaired) electrons. The van der Waals surface area contributed by atoms with Gasteiger partial charge in [0.15, 0.2) is 6.10 Å². The van der Waals surface area contributed by atoms with Crippen molar-refractivity contribution in [2.45, 2.75) is 232 Å². The summed E-state index contributed by atoms with van der Waals surface area (Å²) in [4.78, 5) is 35.2. The summed E-state index contributed by atoms with van der Waals surface area (Å²) >= 11 is 0. The van der Waals surface area contributed by atoms with Gasteiger partial charge >= 0.3 is 19.8 Å². The van der Waals surface area contributed by atoms with Crippen LogP contribution in [0.1, 0.15) is 226 Å². The van der Waals surface area contributed by atoms with Crippen LogP contribution in [0.25, 0.3) is 0 Å². The molecule has 0 heterocycles. The number of esters is 2. The summed E-state index contributed by atoms with van der Waals surface area (Å²) in [5.74, 6) is -0.894. The summed E-state index contributed by atoms with van der Waals surface area (Å²) < 4.78 is 33.0. The van der Waals surface area contributed by atoms with Crippen molar-refractivity contribution in [1.82, 2.24) is 0 Å². The highest BCUT2D eigenvalue weighted by Gasteiger charge is 2.26. The van der Waals surface area contributed by atoms with Gasteiger partial charge in [0.2, 0.25) is 0 Å². The first kappa shape index (κ1) is 73.6. The summed E-state index contributed by atoms with van der Waals surface area (Å²) in [5.41, 5.74) is 5.38. The summed E-state index contributed by atoms with van der Waals surface area (Å²) in [7, 11) is -4.41. The van der Waals surface area contributed by atoms with Gasteiger partial charge in [0.05, 0.1) is 13.2 Å². The maximum atomic E-state index is 12.7. The third-order valence-electron chi connectivity index (χ3n) is 12.1. The van der Waals surface area contributed by atoms with E-state index in [4.69, 9.17) is 24.3 Å². The fraction of sp³-hybridized carbons (Fsp3) is 0.588. The number of carbonyl (C=O) groups is 2. The minimum Gasteiger partial charge on any atom is -0.462 e. The number of phosphoric ester groups is 1. The van der Waals surface area contributed by atoms with E-state index in [1.165, 1.54) is 70.6 Å². The number of carbonyl (C=O) groups excluding carboxylic acids is 2. The van der Waals surface area contributed by atoms with Gasteiger partial charge in [-0.15, -0.1) is 0 Å². The molecule has 0 aliphatic carbocycles. The normalized spacial score (nSPS) is 14.2. The third kappa shape index (κ3) is 60.9. The van der Waals surface area contributed by atoms with Gasteiger partial charge in [0.1, 0.15) is 6.61 Å². The molecule has 0 rings (SSSR count). The van der Waals surface area contributed by atoms with E-state index in [-0.39, 0.29) is 32.6 Å². The molecule has 0 aliphatic heterocycles. The van der Waals surface area contributed by atoms with Crippen molar-refractivity contribution in [3.8, 4) is 0 Å². The van der Waals surface area contributed by atoms with Gasteiger partial charge in [-0.3, -0.25) is 18.6 Å². The van der Waals surface area contributed by atoms with Crippen LogP contribution in [-0.4, -0.2) is 49.3 Å². The van der Waals surface area contributed by atoms with E-state index in [1.807, 2.05) is 0 Å². The number of unbranched alkanes of at least 4 members (excludes halogenated alkanes) is 16. The first-order valence-corrected chi connectivity index (χ1v) is 32.0. The predicted molar refractivity (Wildman–Crippen MR) is 334 cm³/mol. The Morgan fingerprint density at radius 3 is 1.09 bits per heavy atom. The molecule has 0 saturated carbocycles. The highest BCUT2D eigenvalue weighted by molar-refractivity contribution is 7.47. The topological polar surface area (TPSA) is 134 Å². The Hall–Kier alpha value is -4.37. The zero-order valence-corrected chi connectivity index (χ0v) is 50.0. The molecule has 3 N–H and O–H groups in total. The maximum absolute atomic E-state index is 12.7. The highest BCUT2D eigenvalue weighted by atomic mass is 31.2. The molecule has 0 aromatic rings. The van der Waals surface area contributed by atoms with Crippen molar-refractivity contribution in [1.29, 1.82) is 0 Å². The second kappa shape index (κ2) is 61.8. The van der Waals surface area contributed by atoms with E-state index in [1.54, 1.807) is 0 Å². The van der Waals surface area contributed by atoms with Crippen LogP contribution in [0, 0.1) is 0 Å². The molecule has 0 spiro atoms. The fourth-order valence-electron chi connectivity index (χ4n) is 7.67. The Labute approximate surface area is 477 Å². The smallest absolute Gasteiger partial charge is 0.462 e. The van der Waals surface area contributed by atoms with Gasteiger partial charge in [-0.05, 0) is 128 Å². The molecular weight excluding hydrogens is 990 g/mol. The largest absolute Gasteiger partial charge is 0.472 e. The third-order valence-corrected chi connectivity index (χ3v) is 13.1. The molecule has 0 aromatic carbocycles. The number of rotatable bonds is 55. The van der Waals surface area contributed by atoms with Crippen molar-refractivity contribution >= 4 is 19.8 Å². The van der Waals surface area contributed by atoms with E-state index in [2.05, 4.69) is 172 Å². The van der Waals surface area contributed by atoms with Crippen molar-refractivity contribution in [2.75, 3.05) is 26.4 Å². The Bertz CT molecular complexity index is 1830. The van der Waals surface area contributed by atoms with Gasteiger partial charge in [-0.2, -0.15) is 0 Å². The lowest BCUT2D eigenvalue weighted by molar-refractivity contribution is -0.161. The molecule has 9 nitrogen and oxygen atoms in total. The Morgan fingerprint density at radius 1 is 0.397 bits per heavy atom. The zero-order chi connectivity index (χ0) is 56.6. The van der Waals surface area contributed by atoms with Gasteiger partial charge < -0.3 is 20.1 Å². The Morgan fingerprint density at radius 2 is 0.705 bits per heavy atom. The van der Waals surface area contributed by atoms with Gasteiger partial charge in [-0.1, -0.05) is 242 Å². The molecule has 0 amide bonds. The van der Waals surface area contributed by atoms with E-state index in [9.17, 15) is 19.0 Å². The van der Waals surface area contributed by atoms with E-state index in [0.29, 0.717) is 12.8 Å². The van der Waals surface area contributed by atoms with Crippen LogP contribution in [0.2, 0.25) is 0 Å². The Kier molecular flexibility index (Phi) is 58.4. The van der Waals surface area contributed by atoms with Crippen molar-refractivity contribution in [3.05, 3.63) is 158 Å². The molecule has 0 aromatic heterocycles. The molecule has 2 unspecified atom stereocenters. The van der Waals surface area contributed by atoms with Crippen molar-refractivity contribution < 1.29 is 37.6 Å². The minimum absolute atomic E-state index is 0.0376. The molecule has 78 heavy (non-hydrogen) atoms. The van der Waals surface area contributed by atoms with Crippen LogP contribution in [0.5, 0.6) is 0 Å². The average Bonchev–Trinajstić information content (AvgIpc) is 3.43. The monoisotopic (exact) mass is 1100 g/mol. The van der Waals surface area contributed by atoms with Crippen molar-refractivity contribution in [2.24, 2.45) is 5.73 Å². The van der Waals surface area contributed by atoms with Crippen LogP contribution in [0.3, 0.4) is 0 Å². The van der Waals surface area contributed by atoms with Crippen LogP contribution in [0.4, 0.5) is 0 Å². The number of hydrogen-bond acceptors (Lipinski definition) is 8. The lowest BCUT2D eigenvalue weighted by Gasteiger charge is -2.19. The number of nitrogens with two attached hydrogens (primary N) is 1. The average molecular weight is 1100 g/mol. The first-order valence-electron chi connectivity index (χ1n) is 30.5. The number of allylic oxidation sites excluding steroid dienone is 26. The van der Waals surface area contributed by atoms with Crippen LogP contribution < -0.4 is 5.73 Å². The number of ether oxygens (including phenoxy) is 2. The standard InChI is InChI=1S/C68H110NO8P/c1-3-5-7-9-11-13-15-17-19-21-23-24-25-26-27-28-29-30-31-32-33-34-35-36-37-38-39-40-41-42-43-45-47-49-51-53-55-57-59-61-68(71)77-66(65-76-78(72,73)75-63-62-69)64-74-67(70)60-58-56-54-52-50-48-46-44-22-20-18-16-14-12-10-8-6-4-2/h5,7,11,13,17,19-20,22-24,26-27,29-30,32-33,35-36,38-39,41-42,45,47,51,53,66H,3-4,6,8-10,12,14-16,18,21,25,28,31,34,37,40,43-44,46,48-50,52,54-65,69H2,1-2H3,(H,72,73)/b7-5-,13-11-,19-17-,22-20-,24-23-,27-26-,30-29-,33-32-,36-35-,39-38-,42-41-,47-45-,53-51-. The lowest BCUT2D eigenvalue weighted by Crippen LogP contribution is -2.29. The second-order valence-electron chi connectivity index (χ2n) is 19.5. The van der Waals surface area contributed by atoms with Crippen LogP contribution in [0.15, 0.2) is 158 Å². The van der Waals surface area contributed by atoms with Gasteiger partial charge in [0, 0.05) is 19.4 Å². The molecule has 0 bridgehead atoms. The van der Waals surface area contributed by atoms with E-state index >= 15 is 0 Å². The molecule has 2 atom stereocenters. The van der Waals surface area contributed by atoms with E-state index < -0.39 is 32.5 Å². The zero-order valence-electron chi connectivity index (χ0n) is 49.1. The summed E-state index contributed by atoms with van der Waals surface area (Å²) in [6.07, 6.45) is 90.2. The second-order valence-corrected chi connectivity index (χ2v) is 20.9. The summed E-state index contributed by atoms with van der Waals surface area (Å²) in [6.45, 7) is 3.55. The summed E-state index contributed by atoms with van der Waals surface area (Å²) in [5, 5.41) is 0. The molecule has 0 fully saturated rings. The SMILES string of the molecule is CC/C=C\C/C=C\C/C=C\C/C=C\C/C=C\C/C=C\C/C=C\C/C=C\C/C=C\C/C=C\C/C=C\C/C=C\CCCCC(=O)OC(COC(=O)CCCCCCCCC/C=C\CCCCCCCCC)COP(=O)(O)OCCN. The number of hydrogen-bond donors (Lipinski definition) is 2. The molecule has 10 heteroatoms. The quantitative estimate of drug-likeness (QED) is 0.0264. The van der Waals surface area contributed by atoms with Gasteiger partial charge in [0.25, 0.3) is 0 Å². The van der Waals surface area contributed by atoms with E-state index in [0.717, 1.165) is 116 Å². The predicted octanol–water partition coefficient (Wildman–Crippen LogP) is 19.7. The first-order chi connectivity index (χ1) is 38.3. The lowest BCUT2D eigenvalue weighted by atomic mass is 10.1. The Balaban J connectivity index is 4.11. The van der Waals surface area contributed by atoms with Gasteiger partial charge in [-0.25, -0.2) is 4.57 Å². The highest BCUT2D eigenvalue weighted by Crippen LogP contribution is 2.43. The van der Waals surface area contributed by atoms with Crippen LogP contribution in [-0.2, 0) is 32.7 Å². The fourth-order valence-corrected chi connectivity index (χ4v) is 8.43. The minimum atomic E-state index is -4.41. The molecular formula is C68H110NO8P. The molecule has 0 saturated heterocycles. The molecule has 440 valence electrons. The molecule has 0 aliphatic rings. The van der Waals surface area contributed by atoms with Crippen LogP contribution >= 0.6 is 7.82 Å².